The third-order valence-electron chi connectivity index (χ3n) is 3.59. The normalized spacial score (nSPS) is 25.6. The van der Waals surface area contributed by atoms with Crippen LogP contribution in [0, 0.1) is 5.92 Å². The molecule has 0 heterocycles. The van der Waals surface area contributed by atoms with E-state index in [-0.39, 0.29) is 6.10 Å². The molecule has 0 amide bonds. The van der Waals surface area contributed by atoms with Crippen molar-refractivity contribution in [2.24, 2.45) is 5.92 Å². The predicted molar refractivity (Wildman–Crippen MR) is 67.7 cm³/mol. The summed E-state index contributed by atoms with van der Waals surface area (Å²) in [4.78, 5) is 0. The van der Waals surface area contributed by atoms with Crippen LogP contribution in [0.25, 0.3) is 0 Å². The lowest BCUT2D eigenvalue weighted by Crippen LogP contribution is -2.24. The molecule has 0 aliphatic heterocycles. The zero-order chi connectivity index (χ0) is 11.4. The van der Waals surface area contributed by atoms with Crippen LogP contribution in [0.1, 0.15) is 37.7 Å². The van der Waals surface area contributed by atoms with E-state index in [1.165, 1.54) is 24.8 Å². The van der Waals surface area contributed by atoms with Gasteiger partial charge in [0.1, 0.15) is 0 Å². The number of halogens is 1. The highest BCUT2D eigenvalue weighted by atomic mass is 35.5. The highest BCUT2D eigenvalue weighted by Crippen LogP contribution is 2.28. The largest absolute Gasteiger partial charge is 0.393 e. The Hall–Kier alpha value is -0.530. The van der Waals surface area contributed by atoms with E-state index in [4.69, 9.17) is 11.6 Å². The molecule has 0 bridgehead atoms. The summed E-state index contributed by atoms with van der Waals surface area (Å²) in [5.74, 6) is 0.504. The van der Waals surface area contributed by atoms with Crippen molar-refractivity contribution in [3.63, 3.8) is 0 Å². The van der Waals surface area contributed by atoms with Gasteiger partial charge in [0.2, 0.25) is 0 Å². The molecule has 0 radical (unpaired) electrons. The molecule has 1 aromatic rings. The lowest BCUT2D eigenvalue weighted by Gasteiger charge is -2.27. The van der Waals surface area contributed by atoms with Crippen LogP contribution in [0.15, 0.2) is 24.3 Å². The Balaban J connectivity index is 1.84. The molecule has 16 heavy (non-hydrogen) atoms. The van der Waals surface area contributed by atoms with Crippen LogP contribution in [0.5, 0.6) is 0 Å². The van der Waals surface area contributed by atoms with Crippen LogP contribution in [0.4, 0.5) is 0 Å². The summed E-state index contributed by atoms with van der Waals surface area (Å²) in [6.07, 6.45) is 6.74. The molecule has 1 N–H and O–H groups in total. The van der Waals surface area contributed by atoms with E-state index < -0.39 is 0 Å². The average Bonchev–Trinajstić information content (AvgIpc) is 2.30. The Kier molecular flexibility index (Phi) is 4.25. The topological polar surface area (TPSA) is 20.2 Å². The van der Waals surface area contributed by atoms with Crippen molar-refractivity contribution in [2.45, 2.75) is 44.6 Å². The molecule has 1 aliphatic carbocycles. The molecule has 1 nitrogen and oxygen atoms in total. The van der Waals surface area contributed by atoms with E-state index in [9.17, 15) is 5.11 Å². The van der Waals surface area contributed by atoms with Crippen LogP contribution in [-0.4, -0.2) is 11.2 Å². The van der Waals surface area contributed by atoms with Crippen molar-refractivity contribution < 1.29 is 5.11 Å². The van der Waals surface area contributed by atoms with Crippen molar-refractivity contribution in [3.05, 3.63) is 34.9 Å². The summed E-state index contributed by atoms with van der Waals surface area (Å²) >= 11 is 5.84. The summed E-state index contributed by atoms with van der Waals surface area (Å²) in [5, 5.41) is 10.7. The second-order valence-electron chi connectivity index (χ2n) is 4.78. The molecule has 88 valence electrons. The lowest BCUT2D eigenvalue weighted by atomic mass is 9.83. The summed E-state index contributed by atoms with van der Waals surface area (Å²) in [6.45, 7) is 0. The van der Waals surface area contributed by atoms with E-state index in [1.54, 1.807) is 0 Å². The summed E-state index contributed by atoms with van der Waals surface area (Å²) in [7, 11) is 0. The van der Waals surface area contributed by atoms with E-state index in [2.05, 4.69) is 12.1 Å². The smallest absolute Gasteiger partial charge is 0.0568 e. The Morgan fingerprint density at radius 3 is 2.50 bits per heavy atom. The van der Waals surface area contributed by atoms with Gasteiger partial charge in [0.15, 0.2) is 0 Å². The number of hydrogen-bond donors (Lipinski definition) is 1. The Morgan fingerprint density at radius 1 is 1.12 bits per heavy atom. The van der Waals surface area contributed by atoms with Crippen molar-refractivity contribution >= 4 is 11.6 Å². The molecule has 2 atom stereocenters. The van der Waals surface area contributed by atoms with Crippen LogP contribution in [0.3, 0.4) is 0 Å². The molecule has 0 saturated heterocycles. The van der Waals surface area contributed by atoms with E-state index in [1.807, 2.05) is 12.1 Å². The number of aliphatic hydroxyl groups is 1. The van der Waals surface area contributed by atoms with Crippen LogP contribution in [-0.2, 0) is 6.42 Å². The standard InChI is InChI=1S/C14H19ClO/c15-13-9-6-11(7-10-13)5-8-12-3-1-2-4-14(12)16/h6-7,9-10,12,14,16H,1-5,8H2. The van der Waals surface area contributed by atoms with Gasteiger partial charge in [-0.05, 0) is 49.3 Å². The fourth-order valence-corrected chi connectivity index (χ4v) is 2.65. The van der Waals surface area contributed by atoms with Crippen LogP contribution in [0.2, 0.25) is 5.02 Å². The first kappa shape index (κ1) is 11.9. The number of hydrogen-bond acceptors (Lipinski definition) is 1. The minimum absolute atomic E-state index is 0.0685. The van der Waals surface area contributed by atoms with Gasteiger partial charge in [-0.3, -0.25) is 0 Å². The van der Waals surface area contributed by atoms with Gasteiger partial charge in [-0.15, -0.1) is 0 Å². The first-order chi connectivity index (χ1) is 7.75. The number of rotatable bonds is 3. The third kappa shape index (κ3) is 3.23. The van der Waals surface area contributed by atoms with Gasteiger partial charge < -0.3 is 5.11 Å². The molecule has 1 aliphatic rings. The van der Waals surface area contributed by atoms with Gasteiger partial charge in [0, 0.05) is 5.02 Å². The van der Waals surface area contributed by atoms with Gasteiger partial charge in [-0.2, -0.15) is 0 Å². The maximum absolute atomic E-state index is 9.87. The predicted octanol–water partition coefficient (Wildman–Crippen LogP) is 3.82. The molecule has 0 aromatic heterocycles. The molecular formula is C14H19ClO. The minimum atomic E-state index is -0.0685. The van der Waals surface area contributed by atoms with Gasteiger partial charge in [-0.1, -0.05) is 36.6 Å². The number of aliphatic hydroxyl groups excluding tert-OH is 1. The van der Waals surface area contributed by atoms with Crippen molar-refractivity contribution in [2.75, 3.05) is 0 Å². The first-order valence-electron chi connectivity index (χ1n) is 6.18. The molecule has 1 fully saturated rings. The molecule has 1 aromatic carbocycles. The van der Waals surface area contributed by atoms with E-state index in [0.717, 1.165) is 24.3 Å². The van der Waals surface area contributed by atoms with Gasteiger partial charge in [0.25, 0.3) is 0 Å². The monoisotopic (exact) mass is 238 g/mol. The lowest BCUT2D eigenvalue weighted by molar-refractivity contribution is 0.0655. The molecule has 2 unspecified atom stereocenters. The molecule has 1 saturated carbocycles. The molecule has 2 heteroatoms. The number of benzene rings is 1. The molecule has 2 rings (SSSR count). The fraction of sp³-hybridized carbons (Fsp3) is 0.571. The van der Waals surface area contributed by atoms with Gasteiger partial charge in [-0.25, -0.2) is 0 Å². The van der Waals surface area contributed by atoms with Crippen molar-refractivity contribution in [3.8, 4) is 0 Å². The van der Waals surface area contributed by atoms with Crippen LogP contribution < -0.4 is 0 Å². The fourth-order valence-electron chi connectivity index (χ4n) is 2.53. The molecular weight excluding hydrogens is 220 g/mol. The summed E-state index contributed by atoms with van der Waals surface area (Å²) in [5.41, 5.74) is 1.32. The second kappa shape index (κ2) is 5.70. The highest BCUT2D eigenvalue weighted by molar-refractivity contribution is 6.30. The van der Waals surface area contributed by atoms with Gasteiger partial charge >= 0.3 is 0 Å². The van der Waals surface area contributed by atoms with Crippen molar-refractivity contribution in [1.82, 2.24) is 0 Å². The zero-order valence-electron chi connectivity index (χ0n) is 9.53. The highest BCUT2D eigenvalue weighted by Gasteiger charge is 2.22. The minimum Gasteiger partial charge on any atom is -0.393 e. The summed E-state index contributed by atoms with van der Waals surface area (Å²) in [6, 6.07) is 8.04. The summed E-state index contributed by atoms with van der Waals surface area (Å²) < 4.78 is 0. The Morgan fingerprint density at radius 2 is 1.81 bits per heavy atom. The maximum atomic E-state index is 9.87. The third-order valence-corrected chi connectivity index (χ3v) is 3.84. The van der Waals surface area contributed by atoms with E-state index >= 15 is 0 Å². The zero-order valence-corrected chi connectivity index (χ0v) is 10.3. The maximum Gasteiger partial charge on any atom is 0.0568 e. The second-order valence-corrected chi connectivity index (χ2v) is 5.21. The Bertz CT molecular complexity index is 320. The average molecular weight is 239 g/mol. The molecule has 0 spiro atoms. The van der Waals surface area contributed by atoms with Crippen LogP contribution >= 0.6 is 11.6 Å². The Labute approximate surface area is 102 Å². The quantitative estimate of drug-likeness (QED) is 0.849. The van der Waals surface area contributed by atoms with Crippen molar-refractivity contribution in [1.29, 1.82) is 0 Å². The first-order valence-corrected chi connectivity index (χ1v) is 6.56. The van der Waals surface area contributed by atoms with Gasteiger partial charge in [0.05, 0.1) is 6.10 Å². The SMILES string of the molecule is OC1CCCCC1CCc1ccc(Cl)cc1. The number of aryl methyl sites for hydroxylation is 1. The van der Waals surface area contributed by atoms with E-state index in [0.29, 0.717) is 5.92 Å².